The average molecular weight is 282 g/mol. The molecule has 0 radical (unpaired) electrons. The van der Waals surface area contributed by atoms with Gasteiger partial charge in [-0.15, -0.1) is 0 Å². The monoisotopic (exact) mass is 281 g/mol. The van der Waals surface area contributed by atoms with Crippen LogP contribution in [0.25, 0.3) is 6.08 Å². The summed E-state index contributed by atoms with van der Waals surface area (Å²) in [5, 5.41) is 0.317. The molecule has 19 heavy (non-hydrogen) atoms. The van der Waals surface area contributed by atoms with Crippen LogP contribution in [-0.2, 0) is 9.31 Å². The first-order valence-electron chi connectivity index (χ1n) is 6.13. The van der Waals surface area contributed by atoms with Gasteiger partial charge in [-0.2, -0.15) is 0 Å². The van der Waals surface area contributed by atoms with Crippen molar-refractivity contribution in [3.8, 4) is 0 Å². The van der Waals surface area contributed by atoms with Crippen LogP contribution in [-0.4, -0.2) is 23.3 Å². The van der Waals surface area contributed by atoms with E-state index in [2.05, 4.69) is 4.98 Å². The first kappa shape index (κ1) is 14.4. The van der Waals surface area contributed by atoms with Crippen molar-refractivity contribution < 1.29 is 9.31 Å². The lowest BCUT2D eigenvalue weighted by atomic mass is 9.89. The highest BCUT2D eigenvalue weighted by atomic mass is 35.5. The second kappa shape index (κ2) is 4.82. The molecule has 1 aromatic rings. The van der Waals surface area contributed by atoms with Crippen LogP contribution in [0.5, 0.6) is 0 Å². The normalized spacial score (nSPS) is 21.2. The third-order valence-corrected chi connectivity index (χ3v) is 3.83. The summed E-state index contributed by atoms with van der Waals surface area (Å²) >= 11 is 5.69. The van der Waals surface area contributed by atoms with Crippen LogP contribution in [0.3, 0.4) is 0 Å². The highest BCUT2D eigenvalue weighted by molar-refractivity contribution is 6.52. The van der Waals surface area contributed by atoms with Gasteiger partial charge in [0.1, 0.15) is 5.15 Å². The van der Waals surface area contributed by atoms with Crippen LogP contribution >= 0.6 is 11.6 Å². The first-order chi connectivity index (χ1) is 8.71. The second-order valence-electron chi connectivity index (χ2n) is 5.58. The van der Waals surface area contributed by atoms with Crippen molar-refractivity contribution in [2.45, 2.75) is 38.9 Å². The number of nitrogens with one attached hydrogen (secondary N) is 1. The van der Waals surface area contributed by atoms with E-state index in [1.807, 2.05) is 27.7 Å². The third-order valence-electron chi connectivity index (χ3n) is 3.61. The Hall–Kier alpha value is -1.04. The first-order valence-corrected chi connectivity index (χ1v) is 6.51. The van der Waals surface area contributed by atoms with E-state index in [1.165, 1.54) is 6.07 Å². The lowest BCUT2D eigenvalue weighted by molar-refractivity contribution is 0.00578. The fourth-order valence-corrected chi connectivity index (χ4v) is 1.89. The average Bonchev–Trinajstić information content (AvgIpc) is 2.46. The molecule has 2 rings (SSSR count). The molecule has 1 aromatic heterocycles. The SMILES string of the molecule is CC1(C)OB(/C=C/c2c[nH]c(Cl)cc2=O)OC1(C)C. The summed E-state index contributed by atoms with van der Waals surface area (Å²) in [5.41, 5.74) is -0.390. The van der Waals surface area contributed by atoms with Gasteiger partial charge in [-0.3, -0.25) is 4.79 Å². The summed E-state index contributed by atoms with van der Waals surface area (Å²) < 4.78 is 11.6. The van der Waals surface area contributed by atoms with Gasteiger partial charge in [0.05, 0.1) is 11.2 Å². The van der Waals surface area contributed by atoms with E-state index in [1.54, 1.807) is 18.2 Å². The Morgan fingerprint density at radius 1 is 1.26 bits per heavy atom. The number of H-pyrrole nitrogens is 1. The number of pyridine rings is 1. The van der Waals surface area contributed by atoms with E-state index in [-0.39, 0.29) is 16.6 Å². The van der Waals surface area contributed by atoms with Crippen LogP contribution in [0.1, 0.15) is 33.3 Å². The van der Waals surface area contributed by atoms with Gasteiger partial charge < -0.3 is 14.3 Å². The Morgan fingerprint density at radius 2 is 1.84 bits per heavy atom. The molecule has 102 valence electrons. The number of hydrogen-bond donors (Lipinski definition) is 1. The summed E-state index contributed by atoms with van der Waals surface area (Å²) in [6.45, 7) is 7.93. The zero-order chi connectivity index (χ0) is 14.3. The van der Waals surface area contributed by atoms with Crippen LogP contribution < -0.4 is 5.43 Å². The Morgan fingerprint density at radius 3 is 2.37 bits per heavy atom. The Kier molecular flexibility index (Phi) is 3.64. The van der Waals surface area contributed by atoms with Crippen molar-refractivity contribution in [2.24, 2.45) is 0 Å². The Labute approximate surface area is 117 Å². The van der Waals surface area contributed by atoms with Gasteiger partial charge in [0.15, 0.2) is 5.43 Å². The van der Waals surface area contributed by atoms with Crippen molar-refractivity contribution in [2.75, 3.05) is 0 Å². The van der Waals surface area contributed by atoms with Crippen LogP contribution in [0.4, 0.5) is 0 Å². The molecular formula is C13H17BClNO3. The summed E-state index contributed by atoms with van der Waals surface area (Å²) in [6.07, 6.45) is 3.24. The molecule has 1 N–H and O–H groups in total. The zero-order valence-corrected chi connectivity index (χ0v) is 12.2. The number of hydrogen-bond acceptors (Lipinski definition) is 3. The van der Waals surface area contributed by atoms with E-state index in [9.17, 15) is 4.79 Å². The molecule has 1 fully saturated rings. The van der Waals surface area contributed by atoms with Crippen LogP contribution in [0, 0.1) is 0 Å². The fourth-order valence-electron chi connectivity index (χ4n) is 1.74. The van der Waals surface area contributed by atoms with Crippen molar-refractivity contribution in [3.05, 3.63) is 39.2 Å². The molecule has 0 amide bonds. The molecule has 4 nitrogen and oxygen atoms in total. The van der Waals surface area contributed by atoms with Gasteiger partial charge in [-0.05, 0) is 27.7 Å². The summed E-state index contributed by atoms with van der Waals surface area (Å²) in [4.78, 5) is 14.4. The molecule has 1 aliphatic heterocycles. The van der Waals surface area contributed by atoms with Gasteiger partial charge in [-0.25, -0.2) is 0 Å². The van der Waals surface area contributed by atoms with Crippen molar-refractivity contribution >= 4 is 24.8 Å². The molecule has 2 heterocycles. The van der Waals surface area contributed by atoms with Crippen LogP contribution in [0.15, 0.2) is 23.0 Å². The van der Waals surface area contributed by atoms with Gasteiger partial charge in [0, 0.05) is 17.8 Å². The smallest absolute Gasteiger partial charge is 0.400 e. The van der Waals surface area contributed by atoms with Crippen molar-refractivity contribution in [1.29, 1.82) is 0 Å². The maximum absolute atomic E-state index is 11.7. The molecule has 0 unspecified atom stereocenters. The minimum Gasteiger partial charge on any atom is -0.400 e. The van der Waals surface area contributed by atoms with E-state index in [4.69, 9.17) is 20.9 Å². The maximum Gasteiger partial charge on any atom is 0.487 e. The summed E-state index contributed by atoms with van der Waals surface area (Å²) in [7, 11) is -0.458. The Bertz CT molecular complexity index is 549. The van der Waals surface area contributed by atoms with E-state index in [0.29, 0.717) is 10.7 Å². The quantitative estimate of drug-likeness (QED) is 0.670. The zero-order valence-electron chi connectivity index (χ0n) is 11.5. The van der Waals surface area contributed by atoms with E-state index in [0.717, 1.165) is 0 Å². The van der Waals surface area contributed by atoms with E-state index < -0.39 is 7.12 Å². The maximum atomic E-state index is 11.7. The third kappa shape index (κ3) is 2.94. The highest BCUT2D eigenvalue weighted by Gasteiger charge is 2.49. The van der Waals surface area contributed by atoms with Gasteiger partial charge >= 0.3 is 7.12 Å². The van der Waals surface area contributed by atoms with Crippen molar-refractivity contribution in [3.63, 3.8) is 0 Å². The molecule has 0 spiro atoms. The molecular weight excluding hydrogens is 264 g/mol. The van der Waals surface area contributed by atoms with Crippen molar-refractivity contribution in [1.82, 2.24) is 4.98 Å². The molecule has 0 bridgehead atoms. The molecule has 1 saturated heterocycles. The molecule has 0 aliphatic carbocycles. The topological polar surface area (TPSA) is 51.3 Å². The molecule has 1 aliphatic rings. The van der Waals surface area contributed by atoms with Gasteiger partial charge in [0.2, 0.25) is 0 Å². The Balaban J connectivity index is 2.15. The highest BCUT2D eigenvalue weighted by Crippen LogP contribution is 2.36. The summed E-state index contributed by atoms with van der Waals surface area (Å²) in [5.74, 6) is 1.73. The minimum absolute atomic E-state index is 0.142. The fraction of sp³-hybridized carbons (Fsp3) is 0.462. The van der Waals surface area contributed by atoms with Gasteiger partial charge in [0.25, 0.3) is 0 Å². The summed E-state index contributed by atoms with van der Waals surface area (Å²) in [6, 6.07) is 1.34. The predicted molar refractivity (Wildman–Crippen MR) is 77.2 cm³/mol. The number of halogens is 1. The predicted octanol–water partition coefficient (Wildman–Crippen LogP) is 2.67. The molecule has 0 saturated carbocycles. The van der Waals surface area contributed by atoms with Crippen LogP contribution in [0.2, 0.25) is 5.15 Å². The standard InChI is InChI=1S/C13H17BClNO3/c1-12(2)13(3,4)19-14(18-12)6-5-9-8-16-11(15)7-10(9)17/h5-8H,1-4H3,(H,16,17)/b6-5+. The van der Waals surface area contributed by atoms with E-state index >= 15 is 0 Å². The minimum atomic E-state index is -0.458. The molecule has 0 atom stereocenters. The number of aromatic amines is 1. The number of aromatic nitrogens is 1. The lowest BCUT2D eigenvalue weighted by Gasteiger charge is -2.32. The second-order valence-corrected chi connectivity index (χ2v) is 5.99. The molecule has 0 aromatic carbocycles. The largest absolute Gasteiger partial charge is 0.487 e. The van der Waals surface area contributed by atoms with Gasteiger partial charge in [-0.1, -0.05) is 23.7 Å². The lowest BCUT2D eigenvalue weighted by Crippen LogP contribution is -2.41. The number of rotatable bonds is 2. The molecule has 6 heteroatoms.